The van der Waals surface area contributed by atoms with Crippen molar-refractivity contribution in [2.45, 2.75) is 6.54 Å². The number of aromatic nitrogens is 2. The first-order valence-corrected chi connectivity index (χ1v) is 5.85. The maximum absolute atomic E-state index is 10.6. The summed E-state index contributed by atoms with van der Waals surface area (Å²) in [6.45, 7) is 0.445. The molecule has 1 aromatic heterocycles. The summed E-state index contributed by atoms with van der Waals surface area (Å²) < 4.78 is 2.43. The fourth-order valence-electron chi connectivity index (χ4n) is 1.37. The number of rotatable bonds is 3. The fraction of sp³-hybridized carbons (Fsp3) is 0.100. The van der Waals surface area contributed by atoms with Crippen molar-refractivity contribution in [3.8, 4) is 0 Å². The molecule has 5 nitrogen and oxygen atoms in total. The van der Waals surface area contributed by atoms with Gasteiger partial charge in [-0.3, -0.25) is 0 Å². The van der Waals surface area contributed by atoms with Crippen LogP contribution in [0.15, 0.2) is 34.9 Å². The zero-order valence-electron chi connectivity index (χ0n) is 8.51. The topological polar surface area (TPSA) is 61.0 Å². The van der Waals surface area contributed by atoms with Gasteiger partial charge in [0.1, 0.15) is 0 Å². The van der Waals surface area contributed by atoms with Gasteiger partial charge in [-0.15, -0.1) is 0 Å². The Bertz CT molecular complexity index is 553. The largest absolute Gasteiger partial charge is 0.408 e. The van der Waals surface area contributed by atoms with Crippen LogP contribution in [0.1, 0.15) is 5.56 Å². The third kappa shape index (κ3) is 2.83. The first-order chi connectivity index (χ1) is 8.06. The Kier molecular flexibility index (Phi) is 3.44. The highest BCUT2D eigenvalue weighted by atomic mass is 79.9. The van der Waals surface area contributed by atoms with E-state index in [9.17, 15) is 10.1 Å². The van der Waals surface area contributed by atoms with E-state index in [4.69, 9.17) is 11.6 Å². The molecule has 0 amide bonds. The van der Waals surface area contributed by atoms with Crippen LogP contribution in [-0.2, 0) is 6.54 Å². The molecular weight excluding hydrogens is 309 g/mol. The van der Waals surface area contributed by atoms with Gasteiger partial charge in [0.15, 0.2) is 5.02 Å². The van der Waals surface area contributed by atoms with Crippen molar-refractivity contribution in [1.82, 2.24) is 9.78 Å². The lowest BCUT2D eigenvalue weighted by atomic mass is 10.2. The second-order valence-electron chi connectivity index (χ2n) is 3.38. The third-order valence-electron chi connectivity index (χ3n) is 2.13. The van der Waals surface area contributed by atoms with Gasteiger partial charge in [-0.25, -0.2) is 0 Å². The molecular formula is C10H7BrClN3O2. The van der Waals surface area contributed by atoms with Crippen LogP contribution in [-0.4, -0.2) is 14.7 Å². The molecule has 0 aliphatic carbocycles. The lowest BCUT2D eigenvalue weighted by Crippen LogP contribution is -2.01. The van der Waals surface area contributed by atoms with Crippen LogP contribution in [0, 0.1) is 10.1 Å². The Balaban J connectivity index is 2.22. The van der Waals surface area contributed by atoms with Crippen molar-refractivity contribution < 1.29 is 4.92 Å². The molecule has 2 aromatic rings. The van der Waals surface area contributed by atoms with Gasteiger partial charge in [0, 0.05) is 4.47 Å². The van der Waals surface area contributed by atoms with E-state index in [-0.39, 0.29) is 10.8 Å². The van der Waals surface area contributed by atoms with Gasteiger partial charge in [-0.1, -0.05) is 39.7 Å². The molecule has 1 aromatic carbocycles. The van der Waals surface area contributed by atoms with E-state index in [1.54, 1.807) is 0 Å². The first-order valence-electron chi connectivity index (χ1n) is 4.68. The molecule has 0 N–H and O–H groups in total. The van der Waals surface area contributed by atoms with Gasteiger partial charge in [-0.2, -0.15) is 4.68 Å². The third-order valence-corrected chi connectivity index (χ3v) is 2.93. The molecule has 0 radical (unpaired) electrons. The Morgan fingerprint density at radius 2 is 2.06 bits per heavy atom. The number of nitro groups is 1. The molecule has 0 bridgehead atoms. The maximum atomic E-state index is 10.6. The molecule has 0 unspecified atom stereocenters. The van der Waals surface area contributed by atoms with Crippen LogP contribution in [0.2, 0.25) is 5.02 Å². The van der Waals surface area contributed by atoms with E-state index in [1.165, 1.54) is 10.9 Å². The smallest absolute Gasteiger partial charge is 0.358 e. The van der Waals surface area contributed by atoms with E-state index in [0.717, 1.165) is 10.0 Å². The van der Waals surface area contributed by atoms with Crippen molar-refractivity contribution in [2.75, 3.05) is 0 Å². The minimum absolute atomic E-state index is 0.0483. The van der Waals surface area contributed by atoms with Gasteiger partial charge in [0.25, 0.3) is 0 Å². The highest BCUT2D eigenvalue weighted by molar-refractivity contribution is 9.10. The number of hydrogen-bond donors (Lipinski definition) is 0. The summed E-state index contributed by atoms with van der Waals surface area (Å²) >= 11 is 9.03. The van der Waals surface area contributed by atoms with Crippen LogP contribution < -0.4 is 0 Å². The van der Waals surface area contributed by atoms with E-state index >= 15 is 0 Å². The van der Waals surface area contributed by atoms with Gasteiger partial charge < -0.3 is 10.1 Å². The van der Waals surface area contributed by atoms with Crippen LogP contribution in [0.5, 0.6) is 0 Å². The van der Waals surface area contributed by atoms with Crippen LogP contribution in [0.25, 0.3) is 0 Å². The Hall–Kier alpha value is -1.40. The molecule has 1 heterocycles. The average Bonchev–Trinajstić information content (AvgIpc) is 2.63. The quantitative estimate of drug-likeness (QED) is 0.645. The van der Waals surface area contributed by atoms with E-state index < -0.39 is 4.92 Å². The summed E-state index contributed by atoms with van der Waals surface area (Å²) in [4.78, 5) is 9.97. The Labute approximate surface area is 110 Å². The summed E-state index contributed by atoms with van der Waals surface area (Å²) in [6.07, 6.45) is 1.45. The second-order valence-corrected chi connectivity index (χ2v) is 4.70. The van der Waals surface area contributed by atoms with Crippen molar-refractivity contribution in [1.29, 1.82) is 0 Å². The van der Waals surface area contributed by atoms with Crippen molar-refractivity contribution in [3.05, 3.63) is 55.6 Å². The molecule has 2 rings (SSSR count). The molecule has 0 spiro atoms. The zero-order valence-corrected chi connectivity index (χ0v) is 10.8. The summed E-state index contributed by atoms with van der Waals surface area (Å²) in [6, 6.07) is 7.61. The molecule has 0 aliphatic heterocycles. The maximum Gasteiger partial charge on any atom is 0.408 e. The normalized spacial score (nSPS) is 10.5. The van der Waals surface area contributed by atoms with E-state index in [0.29, 0.717) is 6.54 Å². The Morgan fingerprint density at radius 3 is 2.59 bits per heavy atom. The Morgan fingerprint density at radius 1 is 1.41 bits per heavy atom. The van der Waals surface area contributed by atoms with E-state index in [1.807, 2.05) is 24.3 Å². The number of halogens is 2. The van der Waals surface area contributed by atoms with Crippen molar-refractivity contribution in [2.24, 2.45) is 0 Å². The van der Waals surface area contributed by atoms with Gasteiger partial charge in [-0.05, 0) is 22.6 Å². The van der Waals surface area contributed by atoms with E-state index in [2.05, 4.69) is 21.0 Å². The lowest BCUT2D eigenvalue weighted by Gasteiger charge is -1.98. The molecule has 0 saturated heterocycles. The highest BCUT2D eigenvalue weighted by Gasteiger charge is 2.18. The molecule has 0 aliphatic rings. The van der Waals surface area contributed by atoms with Gasteiger partial charge in [0.05, 0.1) is 17.8 Å². The standard InChI is InChI=1S/C10H7BrClN3O2/c11-8-3-1-7(2-4-8)5-14-6-9(12)10(13-14)15(16)17/h1-4,6H,5H2. The summed E-state index contributed by atoms with van der Waals surface area (Å²) in [5.41, 5.74) is 0.988. The van der Waals surface area contributed by atoms with Gasteiger partial charge >= 0.3 is 5.82 Å². The summed E-state index contributed by atoms with van der Waals surface area (Å²) in [7, 11) is 0. The van der Waals surface area contributed by atoms with Crippen LogP contribution in [0.4, 0.5) is 5.82 Å². The number of nitrogens with zero attached hydrogens (tertiary/aromatic N) is 3. The van der Waals surface area contributed by atoms with Crippen LogP contribution in [0.3, 0.4) is 0 Å². The fourth-order valence-corrected chi connectivity index (χ4v) is 1.85. The lowest BCUT2D eigenvalue weighted by molar-refractivity contribution is -0.389. The second kappa shape index (κ2) is 4.85. The average molecular weight is 317 g/mol. The monoisotopic (exact) mass is 315 g/mol. The minimum atomic E-state index is -0.597. The molecule has 17 heavy (non-hydrogen) atoms. The molecule has 0 fully saturated rings. The SMILES string of the molecule is O=[N+]([O-])c1nn(Cc2ccc(Br)cc2)cc1Cl. The predicted octanol–water partition coefficient (Wildman–Crippen LogP) is 3.26. The van der Waals surface area contributed by atoms with Crippen molar-refractivity contribution >= 4 is 33.3 Å². The summed E-state index contributed by atoms with van der Waals surface area (Å²) in [5, 5.41) is 14.4. The molecule has 7 heteroatoms. The predicted molar refractivity (Wildman–Crippen MR) is 67.1 cm³/mol. The first kappa shape index (κ1) is 12.1. The number of benzene rings is 1. The minimum Gasteiger partial charge on any atom is -0.358 e. The summed E-state index contributed by atoms with van der Waals surface area (Å²) in [5.74, 6) is -0.316. The molecule has 0 atom stereocenters. The number of hydrogen-bond acceptors (Lipinski definition) is 3. The highest BCUT2D eigenvalue weighted by Crippen LogP contribution is 2.22. The van der Waals surface area contributed by atoms with Crippen molar-refractivity contribution in [3.63, 3.8) is 0 Å². The van der Waals surface area contributed by atoms with Crippen LogP contribution >= 0.6 is 27.5 Å². The molecule has 0 saturated carbocycles. The molecule has 88 valence electrons. The zero-order chi connectivity index (χ0) is 12.4. The van der Waals surface area contributed by atoms with Gasteiger partial charge in [0.2, 0.25) is 0 Å².